The molecule has 0 heterocycles. The van der Waals surface area contributed by atoms with Gasteiger partial charge in [0.25, 0.3) is 0 Å². The Balaban J connectivity index is 2.19. The third kappa shape index (κ3) is 2.75. The summed E-state index contributed by atoms with van der Waals surface area (Å²) in [7, 11) is 0. The summed E-state index contributed by atoms with van der Waals surface area (Å²) in [6, 6.07) is 3.01. The summed E-state index contributed by atoms with van der Waals surface area (Å²) in [6.07, 6.45) is 1.96. The molecule has 3 nitrogen and oxygen atoms in total. The standard InChI is InChI=1S/C12H13Cl3N2O/c1-12(16,6-2-3-6)11(18)17-10-5-8(14)7(13)4-9(10)15/h4-6H,2-3,16H2,1H3,(H,17,18). The van der Waals surface area contributed by atoms with Crippen LogP contribution in [0.15, 0.2) is 12.1 Å². The molecule has 0 radical (unpaired) electrons. The Labute approximate surface area is 121 Å². The largest absolute Gasteiger partial charge is 0.323 e. The van der Waals surface area contributed by atoms with Crippen LogP contribution in [0.1, 0.15) is 19.8 Å². The summed E-state index contributed by atoms with van der Waals surface area (Å²) in [5.74, 6) is -0.0238. The van der Waals surface area contributed by atoms with Crippen molar-refractivity contribution in [3.8, 4) is 0 Å². The molecular weight excluding hydrogens is 295 g/mol. The molecule has 0 aromatic heterocycles. The maximum atomic E-state index is 12.1. The molecule has 1 aromatic rings. The maximum Gasteiger partial charge on any atom is 0.244 e. The van der Waals surface area contributed by atoms with Crippen molar-refractivity contribution in [1.82, 2.24) is 0 Å². The van der Waals surface area contributed by atoms with Gasteiger partial charge in [-0.25, -0.2) is 0 Å². The van der Waals surface area contributed by atoms with Gasteiger partial charge in [0.15, 0.2) is 0 Å². The molecule has 0 aliphatic heterocycles. The van der Waals surface area contributed by atoms with Crippen LogP contribution >= 0.6 is 34.8 Å². The molecule has 1 unspecified atom stereocenters. The summed E-state index contributed by atoms with van der Waals surface area (Å²) in [5, 5.41) is 3.72. The zero-order valence-electron chi connectivity index (χ0n) is 9.77. The first-order chi connectivity index (χ1) is 8.32. The van der Waals surface area contributed by atoms with Crippen molar-refractivity contribution >= 4 is 46.4 Å². The number of carbonyl (C=O) groups excluding carboxylic acids is 1. The van der Waals surface area contributed by atoms with Crippen molar-refractivity contribution in [3.05, 3.63) is 27.2 Å². The van der Waals surface area contributed by atoms with Crippen LogP contribution in [0.25, 0.3) is 0 Å². The number of hydrogen-bond donors (Lipinski definition) is 2. The van der Waals surface area contributed by atoms with Crippen LogP contribution in [-0.4, -0.2) is 11.4 Å². The highest BCUT2D eigenvalue weighted by atomic mass is 35.5. The van der Waals surface area contributed by atoms with Gasteiger partial charge in [0.1, 0.15) is 0 Å². The minimum absolute atomic E-state index is 0.235. The number of benzene rings is 1. The second-order valence-corrected chi connectivity index (χ2v) is 5.98. The average molecular weight is 308 g/mol. The van der Waals surface area contributed by atoms with Crippen molar-refractivity contribution in [1.29, 1.82) is 0 Å². The summed E-state index contributed by atoms with van der Waals surface area (Å²) in [4.78, 5) is 12.1. The Morgan fingerprint density at radius 2 is 1.83 bits per heavy atom. The van der Waals surface area contributed by atoms with Gasteiger partial charge in [-0.1, -0.05) is 34.8 Å². The maximum absolute atomic E-state index is 12.1. The minimum Gasteiger partial charge on any atom is -0.323 e. The number of nitrogens with one attached hydrogen (secondary N) is 1. The van der Waals surface area contributed by atoms with E-state index < -0.39 is 5.54 Å². The van der Waals surface area contributed by atoms with Gasteiger partial charge < -0.3 is 11.1 Å². The Hall–Kier alpha value is -0.480. The van der Waals surface area contributed by atoms with E-state index in [9.17, 15) is 4.79 Å². The lowest BCUT2D eigenvalue weighted by Crippen LogP contribution is -2.50. The molecule has 2 rings (SSSR count). The summed E-state index contributed by atoms with van der Waals surface area (Å²) < 4.78 is 0. The van der Waals surface area contributed by atoms with Crippen molar-refractivity contribution in [3.63, 3.8) is 0 Å². The van der Waals surface area contributed by atoms with E-state index in [1.165, 1.54) is 12.1 Å². The molecule has 1 saturated carbocycles. The molecule has 1 amide bonds. The number of rotatable bonds is 3. The lowest BCUT2D eigenvalue weighted by Gasteiger charge is -2.23. The van der Waals surface area contributed by atoms with Gasteiger partial charge >= 0.3 is 0 Å². The van der Waals surface area contributed by atoms with Crippen LogP contribution in [0, 0.1) is 5.92 Å². The second kappa shape index (κ2) is 4.89. The van der Waals surface area contributed by atoms with Gasteiger partial charge in [0, 0.05) is 0 Å². The van der Waals surface area contributed by atoms with Crippen LogP contribution in [0.2, 0.25) is 15.1 Å². The molecular formula is C12H13Cl3N2O. The predicted octanol–water partition coefficient (Wildman–Crippen LogP) is 3.71. The van der Waals surface area contributed by atoms with Crippen LogP contribution in [0.4, 0.5) is 5.69 Å². The topological polar surface area (TPSA) is 55.1 Å². The number of halogens is 3. The minimum atomic E-state index is -0.880. The van der Waals surface area contributed by atoms with Gasteiger partial charge in [-0.15, -0.1) is 0 Å². The van der Waals surface area contributed by atoms with Gasteiger partial charge in [-0.3, -0.25) is 4.79 Å². The highest BCUT2D eigenvalue weighted by Gasteiger charge is 2.44. The lowest BCUT2D eigenvalue weighted by atomic mass is 9.96. The number of nitrogens with two attached hydrogens (primary N) is 1. The molecule has 1 aliphatic carbocycles. The first kappa shape index (κ1) is 13.9. The summed E-state index contributed by atoms with van der Waals surface area (Å²) >= 11 is 17.7. The molecule has 1 aliphatic rings. The van der Waals surface area contributed by atoms with E-state index in [2.05, 4.69) is 5.32 Å². The van der Waals surface area contributed by atoms with E-state index in [1.54, 1.807) is 6.92 Å². The van der Waals surface area contributed by atoms with Gasteiger partial charge in [-0.2, -0.15) is 0 Å². The third-order valence-electron chi connectivity index (χ3n) is 3.17. The second-order valence-electron chi connectivity index (χ2n) is 4.76. The molecule has 0 spiro atoms. The predicted molar refractivity (Wildman–Crippen MR) is 75.4 cm³/mol. The first-order valence-electron chi connectivity index (χ1n) is 5.57. The van der Waals surface area contributed by atoms with E-state index >= 15 is 0 Å². The van der Waals surface area contributed by atoms with E-state index in [-0.39, 0.29) is 11.8 Å². The van der Waals surface area contributed by atoms with E-state index in [0.29, 0.717) is 20.8 Å². The van der Waals surface area contributed by atoms with Gasteiger partial charge in [0.2, 0.25) is 5.91 Å². The van der Waals surface area contributed by atoms with Crippen LogP contribution in [0.3, 0.4) is 0 Å². The fourth-order valence-corrected chi connectivity index (χ4v) is 2.34. The number of amides is 1. The lowest BCUT2D eigenvalue weighted by molar-refractivity contribution is -0.121. The molecule has 0 bridgehead atoms. The van der Waals surface area contributed by atoms with E-state index in [4.69, 9.17) is 40.5 Å². The quantitative estimate of drug-likeness (QED) is 0.836. The normalized spacial score (nSPS) is 18.3. The zero-order valence-corrected chi connectivity index (χ0v) is 12.0. The van der Waals surface area contributed by atoms with Gasteiger partial charge in [0.05, 0.1) is 26.3 Å². The monoisotopic (exact) mass is 306 g/mol. The van der Waals surface area contributed by atoms with Crippen molar-refractivity contribution in [2.24, 2.45) is 11.7 Å². The molecule has 18 heavy (non-hydrogen) atoms. The first-order valence-corrected chi connectivity index (χ1v) is 6.70. The zero-order chi connectivity index (χ0) is 13.5. The molecule has 3 N–H and O–H groups in total. The van der Waals surface area contributed by atoms with E-state index in [0.717, 1.165) is 12.8 Å². The molecule has 1 atom stereocenters. The number of anilines is 1. The van der Waals surface area contributed by atoms with E-state index in [1.807, 2.05) is 0 Å². The van der Waals surface area contributed by atoms with Gasteiger partial charge in [-0.05, 0) is 37.8 Å². The fourth-order valence-electron chi connectivity index (χ4n) is 1.74. The van der Waals surface area contributed by atoms with Crippen molar-refractivity contribution in [2.45, 2.75) is 25.3 Å². The Morgan fingerprint density at radius 1 is 1.28 bits per heavy atom. The SMILES string of the molecule is CC(N)(C(=O)Nc1cc(Cl)c(Cl)cc1Cl)C1CC1. The van der Waals surface area contributed by atoms with Crippen LogP contribution < -0.4 is 11.1 Å². The summed E-state index contributed by atoms with van der Waals surface area (Å²) in [6.45, 7) is 1.73. The molecule has 1 aromatic carbocycles. The van der Waals surface area contributed by atoms with Crippen LogP contribution in [-0.2, 0) is 4.79 Å². The van der Waals surface area contributed by atoms with Crippen molar-refractivity contribution in [2.75, 3.05) is 5.32 Å². The molecule has 1 fully saturated rings. The van der Waals surface area contributed by atoms with Crippen LogP contribution in [0.5, 0.6) is 0 Å². The molecule has 6 heteroatoms. The fraction of sp³-hybridized carbons (Fsp3) is 0.417. The third-order valence-corrected chi connectivity index (χ3v) is 4.21. The number of carbonyl (C=O) groups is 1. The Kier molecular flexibility index (Phi) is 3.79. The Morgan fingerprint density at radius 3 is 2.39 bits per heavy atom. The average Bonchev–Trinajstić information content (AvgIpc) is 3.09. The number of hydrogen-bond acceptors (Lipinski definition) is 2. The highest BCUT2D eigenvalue weighted by molar-refractivity contribution is 6.44. The summed E-state index contributed by atoms with van der Waals surface area (Å²) in [5.41, 5.74) is 5.56. The smallest absolute Gasteiger partial charge is 0.244 e. The Bertz CT molecular complexity index is 498. The molecule has 0 saturated heterocycles. The highest BCUT2D eigenvalue weighted by Crippen LogP contribution is 2.39. The van der Waals surface area contributed by atoms with Crippen molar-refractivity contribution < 1.29 is 4.79 Å². The molecule has 98 valence electrons.